The molecule has 4 aromatic carbocycles. The van der Waals surface area contributed by atoms with E-state index in [4.69, 9.17) is 4.43 Å². The molecular formula is C35H42N2O2Si. The van der Waals surface area contributed by atoms with Crippen LogP contribution in [-0.2, 0) is 11.0 Å². The molecule has 0 aliphatic carbocycles. The Kier molecular flexibility index (Phi) is 8.16. The Morgan fingerprint density at radius 1 is 0.825 bits per heavy atom. The van der Waals surface area contributed by atoms with E-state index < -0.39 is 9.76 Å². The zero-order chi connectivity index (χ0) is 28.3. The van der Waals surface area contributed by atoms with E-state index in [9.17, 15) is 4.79 Å². The number of carbonyl (C=O) groups is 1. The highest BCUT2D eigenvalue weighted by molar-refractivity contribution is 6.31. The molecule has 5 heteroatoms. The van der Waals surface area contributed by atoms with Crippen molar-refractivity contribution in [3.63, 3.8) is 0 Å². The van der Waals surface area contributed by atoms with Crippen LogP contribution in [0.3, 0.4) is 0 Å². The maximum absolute atomic E-state index is 14.0. The molecule has 0 saturated carbocycles. The molecule has 1 aliphatic rings. The Labute approximate surface area is 241 Å². The molecule has 1 aliphatic heterocycles. The zero-order valence-corrected chi connectivity index (χ0v) is 26.0. The van der Waals surface area contributed by atoms with E-state index in [1.165, 1.54) is 22.4 Å². The Bertz CT molecular complexity index is 1470. The van der Waals surface area contributed by atoms with Gasteiger partial charge in [-0.3, -0.25) is 4.79 Å². The Hall–Kier alpha value is -3.41. The average molecular weight is 551 g/mol. The summed E-state index contributed by atoms with van der Waals surface area (Å²) in [6.45, 7) is 14.2. The van der Waals surface area contributed by atoms with Gasteiger partial charge in [-0.25, -0.2) is 0 Å². The summed E-state index contributed by atoms with van der Waals surface area (Å²) < 4.78 is 6.49. The van der Waals surface area contributed by atoms with Crippen LogP contribution >= 0.6 is 0 Å². The first-order valence-corrected chi connectivity index (χ1v) is 15.7. The third-order valence-corrected chi connectivity index (χ3v) is 9.51. The number of amides is 1. The van der Waals surface area contributed by atoms with Gasteiger partial charge in [0, 0.05) is 37.4 Å². The van der Waals surface area contributed by atoms with Gasteiger partial charge >= 0.3 is 0 Å². The monoisotopic (exact) mass is 550 g/mol. The first-order valence-electron chi connectivity index (χ1n) is 14.4. The van der Waals surface area contributed by atoms with E-state index in [0.29, 0.717) is 13.1 Å². The van der Waals surface area contributed by atoms with Gasteiger partial charge in [-0.1, -0.05) is 93.6 Å². The summed E-state index contributed by atoms with van der Waals surface area (Å²) >= 11 is 0. The summed E-state index contributed by atoms with van der Waals surface area (Å²) in [7, 11) is -0.642. The number of rotatable bonds is 7. The highest BCUT2D eigenvalue weighted by Crippen LogP contribution is 2.33. The second-order valence-electron chi connectivity index (χ2n) is 12.8. The first-order chi connectivity index (χ1) is 19.1. The number of fused-ring (bicyclic) bond motifs is 2. The molecule has 0 fully saturated rings. The maximum atomic E-state index is 14.0. The minimum atomic E-state index is -0.642. The molecule has 1 amide bonds. The fourth-order valence-electron chi connectivity index (χ4n) is 5.35. The second kappa shape index (κ2) is 11.6. The molecule has 0 unspecified atom stereocenters. The van der Waals surface area contributed by atoms with Crippen molar-refractivity contribution in [1.29, 1.82) is 0 Å². The summed E-state index contributed by atoms with van der Waals surface area (Å²) in [5.41, 5.74) is 5.38. The van der Waals surface area contributed by atoms with Crippen molar-refractivity contribution in [3.8, 4) is 11.1 Å². The fourth-order valence-corrected chi connectivity index (χ4v) is 6.32. The normalized spacial score (nSPS) is 14.5. The largest absolute Gasteiger partial charge is 0.418 e. The lowest BCUT2D eigenvalue weighted by molar-refractivity contribution is 0.0751. The molecule has 0 radical (unpaired) electrons. The van der Waals surface area contributed by atoms with Crippen molar-refractivity contribution in [2.45, 2.75) is 58.2 Å². The van der Waals surface area contributed by atoms with Crippen molar-refractivity contribution in [3.05, 3.63) is 102 Å². The summed E-state index contributed by atoms with van der Waals surface area (Å²) in [4.78, 5) is 18.5. The van der Waals surface area contributed by atoms with Crippen LogP contribution in [0.15, 0.2) is 91.0 Å². The summed E-state index contributed by atoms with van der Waals surface area (Å²) in [6.07, 6.45) is 0.938. The highest BCUT2D eigenvalue weighted by Gasteiger charge is 2.28. The van der Waals surface area contributed by atoms with E-state index >= 15 is 0 Å². The third kappa shape index (κ3) is 6.65. The molecule has 208 valence electrons. The zero-order valence-electron chi connectivity index (χ0n) is 24.6. The van der Waals surface area contributed by atoms with Crippen LogP contribution in [0.2, 0.25) is 5.04 Å². The van der Waals surface area contributed by atoms with Crippen LogP contribution in [0.25, 0.3) is 21.9 Å². The molecule has 1 heterocycles. The van der Waals surface area contributed by atoms with E-state index in [1.54, 1.807) is 0 Å². The van der Waals surface area contributed by atoms with Gasteiger partial charge in [0.05, 0.1) is 5.60 Å². The summed E-state index contributed by atoms with van der Waals surface area (Å²) in [6, 6.07) is 31.4. The van der Waals surface area contributed by atoms with Crippen molar-refractivity contribution in [2.24, 2.45) is 0 Å². The number of carbonyl (C=O) groups excluding carboxylic acids is 1. The molecular weight excluding hydrogens is 508 g/mol. The minimum absolute atomic E-state index is 0.0922. The van der Waals surface area contributed by atoms with E-state index in [0.717, 1.165) is 35.8 Å². The lowest BCUT2D eigenvalue weighted by Gasteiger charge is -2.33. The van der Waals surface area contributed by atoms with Gasteiger partial charge in [-0.2, -0.15) is 0 Å². The molecule has 5 rings (SSSR count). The summed E-state index contributed by atoms with van der Waals surface area (Å²) in [5.74, 6) is 0.0922. The molecule has 4 nitrogen and oxygen atoms in total. The van der Waals surface area contributed by atoms with Gasteiger partial charge in [0.2, 0.25) is 0 Å². The number of benzene rings is 4. The standard InChI is InChI=1S/C35H42N2O2Si/c1-34(2,3)40-39-35(4,5)20-21-36-22-23-37(33(38)31-17-11-15-27-14-9-10-16-30(27)31)25-29-24-28(18-19-32(29)36)26-12-7-6-8-13-26/h6-19,24H,20-23,25,40H2,1-5H3. The van der Waals surface area contributed by atoms with Crippen LogP contribution in [-0.4, -0.2) is 45.8 Å². The SMILES string of the molecule is CC(C)(CCN1CCN(C(=O)c2cccc3ccccc23)Cc2cc(-c3ccccc3)ccc21)O[SiH2]C(C)(C)C. The van der Waals surface area contributed by atoms with Crippen LogP contribution in [0.5, 0.6) is 0 Å². The quantitative estimate of drug-likeness (QED) is 0.224. The van der Waals surface area contributed by atoms with Gasteiger partial charge in [0.1, 0.15) is 0 Å². The molecule has 4 aromatic rings. The van der Waals surface area contributed by atoms with Crippen LogP contribution in [0.1, 0.15) is 57.0 Å². The molecule has 0 atom stereocenters. The Morgan fingerprint density at radius 2 is 1.55 bits per heavy atom. The third-order valence-electron chi connectivity index (χ3n) is 7.72. The Morgan fingerprint density at radius 3 is 2.33 bits per heavy atom. The predicted molar refractivity (Wildman–Crippen MR) is 171 cm³/mol. The van der Waals surface area contributed by atoms with Gasteiger partial charge < -0.3 is 14.2 Å². The van der Waals surface area contributed by atoms with Crippen LogP contribution in [0.4, 0.5) is 5.69 Å². The predicted octanol–water partition coefficient (Wildman–Crippen LogP) is 7.46. The van der Waals surface area contributed by atoms with Gasteiger partial charge in [-0.15, -0.1) is 0 Å². The number of nitrogens with zero attached hydrogens (tertiary/aromatic N) is 2. The fraction of sp³-hybridized carbons (Fsp3) is 0.343. The second-order valence-corrected chi connectivity index (χ2v) is 15.5. The molecule has 0 aromatic heterocycles. The molecule has 0 saturated heterocycles. The van der Waals surface area contributed by atoms with Crippen molar-refractivity contribution < 1.29 is 9.22 Å². The molecule has 0 spiro atoms. The van der Waals surface area contributed by atoms with E-state index in [1.807, 2.05) is 35.2 Å². The smallest absolute Gasteiger partial charge is 0.254 e. The topological polar surface area (TPSA) is 32.8 Å². The van der Waals surface area contributed by atoms with Crippen molar-refractivity contribution in [1.82, 2.24) is 4.90 Å². The van der Waals surface area contributed by atoms with E-state index in [2.05, 4.69) is 100 Å². The van der Waals surface area contributed by atoms with Crippen molar-refractivity contribution >= 4 is 32.1 Å². The molecule has 0 bridgehead atoms. The highest BCUT2D eigenvalue weighted by atomic mass is 28.2. The number of anilines is 1. The molecule has 0 N–H and O–H groups in total. The average Bonchev–Trinajstić information content (AvgIpc) is 3.13. The van der Waals surface area contributed by atoms with E-state index in [-0.39, 0.29) is 16.5 Å². The lowest BCUT2D eigenvalue weighted by Crippen LogP contribution is -2.38. The van der Waals surface area contributed by atoms with Gasteiger partial charge in [0.25, 0.3) is 5.91 Å². The van der Waals surface area contributed by atoms with Gasteiger partial charge in [-0.05, 0) is 71.0 Å². The molecule has 40 heavy (non-hydrogen) atoms. The number of hydrogen-bond acceptors (Lipinski definition) is 3. The first kappa shape index (κ1) is 28.1. The summed E-state index contributed by atoms with van der Waals surface area (Å²) in [5, 5.41) is 2.37. The van der Waals surface area contributed by atoms with Crippen molar-refractivity contribution in [2.75, 3.05) is 24.5 Å². The minimum Gasteiger partial charge on any atom is -0.418 e. The lowest BCUT2D eigenvalue weighted by atomic mass is 10.00. The van der Waals surface area contributed by atoms with Crippen LogP contribution in [0, 0.1) is 0 Å². The van der Waals surface area contributed by atoms with Gasteiger partial charge in [0.15, 0.2) is 9.76 Å². The Balaban J connectivity index is 1.45. The number of hydrogen-bond donors (Lipinski definition) is 0. The maximum Gasteiger partial charge on any atom is 0.254 e. The van der Waals surface area contributed by atoms with Crippen LogP contribution < -0.4 is 4.90 Å².